The van der Waals surface area contributed by atoms with E-state index in [4.69, 9.17) is 24.1 Å². The van der Waals surface area contributed by atoms with Crippen molar-refractivity contribution in [3.63, 3.8) is 0 Å². The molecule has 14 aromatic rings. The Kier molecular flexibility index (Phi) is 12.7. The number of aromatic nitrogens is 5. The molecule has 0 saturated heterocycles. The predicted molar refractivity (Wildman–Crippen MR) is 345 cm³/mol. The molecule has 0 aliphatic heterocycles. The highest BCUT2D eigenvalue weighted by molar-refractivity contribution is 6.19. The highest BCUT2D eigenvalue weighted by Gasteiger charge is 2.28. The van der Waals surface area contributed by atoms with Crippen LogP contribution in [0.4, 0.5) is 0 Å². The van der Waals surface area contributed by atoms with Crippen molar-refractivity contribution >= 4 is 65.7 Å². The zero-order valence-electron chi connectivity index (χ0n) is 48.5. The number of imidazole rings is 2. The van der Waals surface area contributed by atoms with Crippen LogP contribution in [-0.2, 0) is 0 Å². The minimum absolute atomic E-state index is 0.184. The molecule has 0 atom stereocenters. The lowest BCUT2D eigenvalue weighted by molar-refractivity contribution is 0.483. The molecule has 406 valence electrons. The Morgan fingerprint density at radius 3 is 1.46 bits per heavy atom. The predicted octanol–water partition coefficient (Wildman–Crippen LogP) is 21.2. The molecule has 10 aromatic carbocycles. The van der Waals surface area contributed by atoms with E-state index in [1.165, 1.54) is 50.2 Å². The minimum Gasteiger partial charge on any atom is -0.457 e. The van der Waals surface area contributed by atoms with Crippen molar-refractivity contribution in [1.29, 1.82) is 0 Å². The van der Waals surface area contributed by atoms with Crippen LogP contribution in [0.15, 0.2) is 211 Å². The lowest BCUT2D eigenvalue weighted by atomic mass is 9.88. The van der Waals surface area contributed by atoms with Gasteiger partial charge in [0.15, 0.2) is 0 Å². The summed E-state index contributed by atoms with van der Waals surface area (Å²) in [6.45, 7) is 20.4. The number of ether oxygens (including phenoxy) is 1. The Labute approximate surface area is 484 Å². The smallest absolute Gasteiger partial charge is 0.149 e. The summed E-state index contributed by atoms with van der Waals surface area (Å²) in [5, 5.41) is 5.06. The average Bonchev–Trinajstić information content (AvgIpc) is 2.77. The molecule has 0 aliphatic rings. The molecule has 0 bridgehead atoms. The summed E-state index contributed by atoms with van der Waals surface area (Å²) < 4.78 is 19.4. The number of hydrogen-bond donors (Lipinski definition) is 0. The van der Waals surface area contributed by atoms with E-state index < -0.39 is 0 Å². The summed E-state index contributed by atoms with van der Waals surface area (Å²) >= 11 is 0. The third-order valence-corrected chi connectivity index (χ3v) is 16.7. The summed E-state index contributed by atoms with van der Waals surface area (Å²) in [5.74, 6) is 3.79. The quantitative estimate of drug-likeness (QED) is 0.114. The van der Waals surface area contributed by atoms with Crippen molar-refractivity contribution in [3.8, 4) is 67.9 Å². The largest absolute Gasteiger partial charge is 0.457 e. The van der Waals surface area contributed by atoms with Crippen molar-refractivity contribution in [2.24, 2.45) is 0 Å². The molecule has 0 unspecified atom stereocenters. The van der Waals surface area contributed by atoms with Crippen LogP contribution >= 0.6 is 0 Å². The maximum absolute atomic E-state index is 7.35. The molecule has 0 aliphatic carbocycles. The summed E-state index contributed by atoms with van der Waals surface area (Å²) in [6, 6.07) is 73.7. The minimum atomic E-state index is 0.184. The van der Waals surface area contributed by atoms with Crippen molar-refractivity contribution in [3.05, 3.63) is 234 Å². The van der Waals surface area contributed by atoms with Gasteiger partial charge in [0.05, 0.1) is 44.5 Å². The molecular weight excluding hydrogens is 1010 g/mol. The van der Waals surface area contributed by atoms with Gasteiger partial charge in [0.1, 0.15) is 34.3 Å². The molecule has 0 saturated carbocycles. The normalized spacial score (nSPS) is 12.1. The van der Waals surface area contributed by atoms with Crippen LogP contribution < -0.4 is 4.74 Å². The first kappa shape index (κ1) is 51.5. The molecule has 0 amide bonds. The SMILES string of the molecule is Cc1ccc2cc3c(ccc4c5cc(Oc6cccc(-c7nc8ccccc8n7-c7c(C(C)C)cc(-c8ccccc8)cc7C(C)C)c6)cc(-c6nc7ccccc7n6-c6c(C(C)C)cc(-c7ccccc7)cc6C(C)C)c5oc34)cc2n1. The van der Waals surface area contributed by atoms with E-state index in [-0.39, 0.29) is 23.7 Å². The van der Waals surface area contributed by atoms with E-state index in [1.54, 1.807) is 0 Å². The zero-order valence-corrected chi connectivity index (χ0v) is 48.5. The van der Waals surface area contributed by atoms with E-state index in [1.807, 2.05) is 13.0 Å². The number of furan rings is 1. The molecule has 7 nitrogen and oxygen atoms in total. The lowest BCUT2D eigenvalue weighted by Crippen LogP contribution is -2.09. The highest BCUT2D eigenvalue weighted by atomic mass is 16.5. The van der Waals surface area contributed by atoms with Crippen molar-refractivity contribution < 1.29 is 9.15 Å². The van der Waals surface area contributed by atoms with Crippen LogP contribution in [0.1, 0.15) is 107 Å². The van der Waals surface area contributed by atoms with E-state index in [2.05, 4.69) is 265 Å². The van der Waals surface area contributed by atoms with E-state index in [9.17, 15) is 0 Å². The first-order chi connectivity index (χ1) is 40.3. The van der Waals surface area contributed by atoms with Gasteiger partial charge >= 0.3 is 0 Å². The summed E-state index contributed by atoms with van der Waals surface area (Å²) in [6.07, 6.45) is 0. The second-order valence-electron chi connectivity index (χ2n) is 23.6. The van der Waals surface area contributed by atoms with Gasteiger partial charge in [-0.1, -0.05) is 165 Å². The molecule has 4 heterocycles. The van der Waals surface area contributed by atoms with Gasteiger partial charge in [-0.3, -0.25) is 14.1 Å². The second-order valence-corrected chi connectivity index (χ2v) is 23.6. The summed E-state index contributed by atoms with van der Waals surface area (Å²) in [4.78, 5) is 16.0. The highest BCUT2D eigenvalue weighted by Crippen LogP contribution is 2.47. The van der Waals surface area contributed by atoms with Crippen molar-refractivity contribution in [2.45, 2.75) is 86.0 Å². The number of rotatable bonds is 12. The second kappa shape index (κ2) is 20.4. The maximum atomic E-state index is 7.35. The molecule has 0 radical (unpaired) electrons. The number of nitrogens with zero attached hydrogens (tertiary/aromatic N) is 5. The standard InChI is InChI=1S/C76H65N5O2/c1-44(2)59-37-54(49-21-12-10-13-22-49)38-60(45(3)4)71(59)80-69-29-18-16-27-66(69)78-75(80)53-25-20-26-56(35-53)82-57-42-64-58-34-33-51-41-68-52(32-31-48(9)77-68)36-63(51)73(58)83-74(64)65(43-57)76-79-67-28-17-19-30-70(67)81(76)72-61(46(5)6)39-55(40-62(72)47(7)8)50-23-14-11-15-24-50/h10-47H,1-9H3. The summed E-state index contributed by atoms with van der Waals surface area (Å²) in [7, 11) is 0. The van der Waals surface area contributed by atoms with E-state index in [0.717, 1.165) is 99.8 Å². The number of pyridine rings is 1. The fourth-order valence-corrected chi connectivity index (χ4v) is 12.5. The summed E-state index contributed by atoms with van der Waals surface area (Å²) in [5.41, 5.74) is 21.3. The third-order valence-electron chi connectivity index (χ3n) is 16.7. The van der Waals surface area contributed by atoms with Gasteiger partial charge < -0.3 is 9.15 Å². The molecule has 0 fully saturated rings. The van der Waals surface area contributed by atoms with Crippen LogP contribution in [0, 0.1) is 6.92 Å². The zero-order chi connectivity index (χ0) is 56.8. The van der Waals surface area contributed by atoms with Crippen molar-refractivity contribution in [2.75, 3.05) is 0 Å². The lowest BCUT2D eigenvalue weighted by Gasteiger charge is -2.24. The molecule has 7 heteroatoms. The Hall–Kier alpha value is -9.59. The number of benzene rings is 10. The number of fused-ring (bicyclic) bond motifs is 8. The van der Waals surface area contributed by atoms with E-state index >= 15 is 0 Å². The monoisotopic (exact) mass is 1080 g/mol. The van der Waals surface area contributed by atoms with Gasteiger partial charge in [0.25, 0.3) is 0 Å². The average molecular weight is 1080 g/mol. The molecule has 0 spiro atoms. The maximum Gasteiger partial charge on any atom is 0.149 e. The molecule has 14 rings (SSSR count). The van der Waals surface area contributed by atoms with Gasteiger partial charge in [0, 0.05) is 32.8 Å². The number of hydrogen-bond acceptors (Lipinski definition) is 5. The van der Waals surface area contributed by atoms with Crippen LogP contribution in [-0.4, -0.2) is 24.1 Å². The Bertz CT molecular complexity index is 4790. The molecule has 83 heavy (non-hydrogen) atoms. The van der Waals surface area contributed by atoms with Crippen LogP contribution in [0.25, 0.3) is 122 Å². The molecule has 0 N–H and O–H groups in total. The number of aryl methyl sites for hydroxylation is 1. The molecular formula is C76H65N5O2. The topological polar surface area (TPSA) is 70.9 Å². The van der Waals surface area contributed by atoms with E-state index in [0.29, 0.717) is 11.5 Å². The first-order valence-corrected chi connectivity index (χ1v) is 29.3. The van der Waals surface area contributed by atoms with Crippen LogP contribution in [0.2, 0.25) is 0 Å². The Balaban J connectivity index is 0.992. The van der Waals surface area contributed by atoms with Gasteiger partial charge in [-0.05, 0) is 178 Å². The van der Waals surface area contributed by atoms with Gasteiger partial charge in [-0.25, -0.2) is 9.97 Å². The van der Waals surface area contributed by atoms with Crippen LogP contribution in [0.5, 0.6) is 11.5 Å². The molecule has 4 aromatic heterocycles. The fraction of sp³-hybridized carbons (Fsp3) is 0.171. The number of para-hydroxylation sites is 4. The third kappa shape index (κ3) is 8.94. The first-order valence-electron chi connectivity index (χ1n) is 29.3. The Morgan fingerprint density at radius 2 is 0.880 bits per heavy atom. The Morgan fingerprint density at radius 1 is 0.361 bits per heavy atom. The van der Waals surface area contributed by atoms with Gasteiger partial charge in [-0.2, -0.15) is 0 Å². The fourth-order valence-electron chi connectivity index (χ4n) is 12.5. The van der Waals surface area contributed by atoms with Crippen molar-refractivity contribution in [1.82, 2.24) is 24.1 Å². The van der Waals surface area contributed by atoms with Gasteiger partial charge in [0.2, 0.25) is 0 Å². The van der Waals surface area contributed by atoms with Crippen LogP contribution in [0.3, 0.4) is 0 Å². The van der Waals surface area contributed by atoms with Gasteiger partial charge in [-0.15, -0.1) is 0 Å².